The number of tetrazole rings is 1. The van der Waals surface area contributed by atoms with Crippen molar-refractivity contribution in [2.45, 2.75) is 29.5 Å². The SMILES string of the molecule is CO/N=C(/C(=O)NC1C(=O)N2C(C(=O)O)=C(CSc3nnnn3CCCN)CS[C@H]12)c1nsc(N)n1. The number of thioether (sulfide) groups is 2. The van der Waals surface area contributed by atoms with E-state index in [4.69, 9.17) is 16.3 Å². The van der Waals surface area contributed by atoms with Gasteiger partial charge in [0.05, 0.1) is 0 Å². The molecule has 192 valence electrons. The number of hydrogen-bond donors (Lipinski definition) is 4. The van der Waals surface area contributed by atoms with Gasteiger partial charge in [0.25, 0.3) is 11.8 Å². The number of β-lactam (4-membered cyclic amide) rings is 1. The number of aliphatic carboxylic acids is 1. The first-order valence-corrected chi connectivity index (χ1v) is 13.2. The molecule has 6 N–H and O–H groups in total. The van der Waals surface area contributed by atoms with Gasteiger partial charge in [-0.15, -0.1) is 16.9 Å². The lowest BCUT2D eigenvalue weighted by Crippen LogP contribution is -2.71. The molecule has 4 heterocycles. The number of aromatic nitrogens is 6. The summed E-state index contributed by atoms with van der Waals surface area (Å²) < 4.78 is 5.54. The highest BCUT2D eigenvalue weighted by molar-refractivity contribution is 8.01. The summed E-state index contributed by atoms with van der Waals surface area (Å²) in [5.41, 5.74) is 11.3. The summed E-state index contributed by atoms with van der Waals surface area (Å²) in [6.45, 7) is 1.02. The highest BCUT2D eigenvalue weighted by atomic mass is 32.2. The van der Waals surface area contributed by atoms with Gasteiger partial charge in [-0.2, -0.15) is 9.36 Å². The van der Waals surface area contributed by atoms with E-state index in [1.54, 1.807) is 4.68 Å². The van der Waals surface area contributed by atoms with E-state index in [1.165, 1.54) is 35.5 Å². The lowest BCUT2D eigenvalue weighted by atomic mass is 10.0. The van der Waals surface area contributed by atoms with E-state index in [9.17, 15) is 19.5 Å². The average Bonchev–Trinajstić information content (AvgIpc) is 3.50. The van der Waals surface area contributed by atoms with Crippen molar-refractivity contribution in [3.05, 3.63) is 17.1 Å². The third kappa shape index (κ3) is 5.13. The molecule has 0 radical (unpaired) electrons. The number of nitrogens with zero attached hydrogens (tertiary/aromatic N) is 8. The number of nitrogen functional groups attached to an aromatic ring is 1. The highest BCUT2D eigenvalue weighted by Crippen LogP contribution is 2.41. The van der Waals surface area contributed by atoms with E-state index < -0.39 is 29.2 Å². The molecule has 16 nitrogen and oxygen atoms in total. The largest absolute Gasteiger partial charge is 0.477 e. The zero-order valence-electron chi connectivity index (χ0n) is 18.7. The molecule has 0 aromatic carbocycles. The van der Waals surface area contributed by atoms with Crippen LogP contribution < -0.4 is 16.8 Å². The molecule has 0 saturated carbocycles. The van der Waals surface area contributed by atoms with Crippen molar-refractivity contribution in [1.29, 1.82) is 0 Å². The molecule has 2 aromatic rings. The molecule has 36 heavy (non-hydrogen) atoms. The minimum atomic E-state index is -1.24. The highest BCUT2D eigenvalue weighted by Gasteiger charge is 2.54. The zero-order chi connectivity index (χ0) is 25.8. The summed E-state index contributed by atoms with van der Waals surface area (Å²) in [5.74, 6) is -1.98. The minimum absolute atomic E-state index is 0.0454. The Labute approximate surface area is 216 Å². The van der Waals surface area contributed by atoms with E-state index in [0.29, 0.717) is 36.0 Å². The number of anilines is 1. The predicted octanol–water partition coefficient (Wildman–Crippen LogP) is -1.66. The van der Waals surface area contributed by atoms with Gasteiger partial charge in [-0.3, -0.25) is 14.5 Å². The number of aryl methyl sites for hydroxylation is 1. The molecule has 2 aliphatic rings. The second-order valence-electron chi connectivity index (χ2n) is 7.31. The fourth-order valence-corrected chi connectivity index (χ4v) is 6.27. The normalized spacial score (nSPS) is 19.7. The van der Waals surface area contributed by atoms with Crippen LogP contribution in [0.4, 0.5) is 5.13 Å². The lowest BCUT2D eigenvalue weighted by Gasteiger charge is -2.49. The molecule has 2 atom stereocenters. The van der Waals surface area contributed by atoms with Crippen LogP contribution in [0.15, 0.2) is 21.6 Å². The summed E-state index contributed by atoms with van der Waals surface area (Å²) in [4.78, 5) is 47.7. The number of carboxylic acid groups (broad SMARTS) is 1. The number of rotatable bonds is 11. The van der Waals surface area contributed by atoms with Gasteiger partial charge in [0, 0.05) is 29.6 Å². The van der Waals surface area contributed by atoms with Crippen LogP contribution in [0.25, 0.3) is 0 Å². The Morgan fingerprint density at radius 3 is 2.89 bits per heavy atom. The molecule has 19 heteroatoms. The summed E-state index contributed by atoms with van der Waals surface area (Å²) in [6, 6.07) is -0.965. The lowest BCUT2D eigenvalue weighted by molar-refractivity contribution is -0.150. The molecule has 4 rings (SSSR count). The van der Waals surface area contributed by atoms with Crippen LogP contribution in [0, 0.1) is 0 Å². The van der Waals surface area contributed by atoms with Gasteiger partial charge in [0.1, 0.15) is 24.2 Å². The predicted molar refractivity (Wildman–Crippen MR) is 130 cm³/mol. The van der Waals surface area contributed by atoms with Crippen LogP contribution in [0.1, 0.15) is 12.2 Å². The molecule has 1 unspecified atom stereocenters. The Hall–Kier alpha value is -3.29. The van der Waals surface area contributed by atoms with Gasteiger partial charge in [0.15, 0.2) is 5.13 Å². The third-order valence-electron chi connectivity index (χ3n) is 5.04. The van der Waals surface area contributed by atoms with Crippen molar-refractivity contribution >= 4 is 63.7 Å². The number of oxime groups is 1. The van der Waals surface area contributed by atoms with E-state index in [0.717, 1.165) is 11.5 Å². The molecule has 0 aliphatic carbocycles. The molecule has 0 spiro atoms. The van der Waals surface area contributed by atoms with E-state index in [1.807, 2.05) is 0 Å². The fourth-order valence-electron chi connectivity index (χ4n) is 3.44. The van der Waals surface area contributed by atoms with E-state index in [2.05, 4.69) is 35.4 Å². The summed E-state index contributed by atoms with van der Waals surface area (Å²) in [6.07, 6.45) is 0.692. The second kappa shape index (κ2) is 11.2. The van der Waals surface area contributed by atoms with Gasteiger partial charge < -0.3 is 26.7 Å². The number of fused-ring (bicyclic) bond motifs is 1. The number of carbonyl (C=O) groups is 3. The number of carbonyl (C=O) groups excluding carboxylic acids is 2. The number of carboxylic acids is 1. The van der Waals surface area contributed by atoms with Crippen molar-refractivity contribution in [2.24, 2.45) is 10.9 Å². The Balaban J connectivity index is 1.47. The fraction of sp³-hybridized carbons (Fsp3) is 0.471. The first kappa shape index (κ1) is 25.8. The Morgan fingerprint density at radius 2 is 2.22 bits per heavy atom. The maximum absolute atomic E-state index is 12.9. The molecule has 1 fully saturated rings. The summed E-state index contributed by atoms with van der Waals surface area (Å²) >= 11 is 3.48. The quantitative estimate of drug-likeness (QED) is 0.105. The molecule has 2 aliphatic heterocycles. The van der Waals surface area contributed by atoms with Crippen LogP contribution in [-0.2, 0) is 25.8 Å². The van der Waals surface area contributed by atoms with Crippen LogP contribution in [0.3, 0.4) is 0 Å². The van der Waals surface area contributed by atoms with E-state index >= 15 is 0 Å². The summed E-state index contributed by atoms with van der Waals surface area (Å²) in [5, 5.41) is 27.7. The average molecular weight is 556 g/mol. The van der Waals surface area contributed by atoms with Crippen molar-refractivity contribution in [2.75, 3.05) is 30.9 Å². The number of hydrogen-bond acceptors (Lipinski definition) is 15. The maximum atomic E-state index is 12.9. The van der Waals surface area contributed by atoms with Crippen molar-refractivity contribution in [3.8, 4) is 0 Å². The van der Waals surface area contributed by atoms with Gasteiger partial charge in [-0.1, -0.05) is 16.9 Å². The number of nitrogens with one attached hydrogen (secondary N) is 1. The second-order valence-corrected chi connectivity index (χ2v) is 10.1. The number of nitrogens with two attached hydrogens (primary N) is 2. The summed E-state index contributed by atoms with van der Waals surface area (Å²) in [7, 11) is 1.25. The molecular weight excluding hydrogens is 534 g/mol. The maximum Gasteiger partial charge on any atom is 0.352 e. The van der Waals surface area contributed by atoms with Gasteiger partial charge in [0.2, 0.25) is 16.7 Å². The van der Waals surface area contributed by atoms with Crippen LogP contribution in [0.2, 0.25) is 0 Å². The van der Waals surface area contributed by atoms with Crippen LogP contribution >= 0.6 is 35.1 Å². The Kier molecular flexibility index (Phi) is 8.01. The molecular formula is C17H21N11O5S3. The third-order valence-corrected chi connectivity index (χ3v) is 7.96. The number of amides is 2. The van der Waals surface area contributed by atoms with Crippen LogP contribution in [-0.4, -0.2) is 99.6 Å². The van der Waals surface area contributed by atoms with Crippen molar-refractivity contribution < 1.29 is 24.3 Å². The monoisotopic (exact) mass is 555 g/mol. The van der Waals surface area contributed by atoms with Crippen molar-refractivity contribution in [3.63, 3.8) is 0 Å². The Bertz CT molecular complexity index is 1230. The first-order valence-electron chi connectivity index (χ1n) is 10.4. The molecule has 1 saturated heterocycles. The standard InChI is InChI=1S/C17H21N11O5S3/c1-33-23-8(11-21-16(19)36-24-11)12(29)20-9-13(30)28-10(15(31)32)7(5-34-14(9)28)6-35-17-22-25-26-27(17)4-2-3-18/h9,14H,2-6,18H2,1H3,(H,20,29)(H,31,32)(H2,19,21,24)/b23-8+/t9?,14-/m1/s1. The van der Waals surface area contributed by atoms with Gasteiger partial charge in [-0.25, -0.2) is 9.48 Å². The van der Waals surface area contributed by atoms with Crippen LogP contribution in [0.5, 0.6) is 0 Å². The minimum Gasteiger partial charge on any atom is -0.477 e. The smallest absolute Gasteiger partial charge is 0.352 e. The zero-order valence-corrected chi connectivity index (χ0v) is 21.2. The van der Waals surface area contributed by atoms with Gasteiger partial charge in [-0.05, 0) is 29.0 Å². The van der Waals surface area contributed by atoms with Crippen molar-refractivity contribution in [1.82, 2.24) is 39.8 Å². The molecule has 2 amide bonds. The van der Waals surface area contributed by atoms with E-state index in [-0.39, 0.29) is 28.1 Å². The molecule has 2 aromatic heterocycles. The molecule has 0 bridgehead atoms. The van der Waals surface area contributed by atoms with Gasteiger partial charge >= 0.3 is 5.97 Å². The first-order chi connectivity index (χ1) is 17.3. The Morgan fingerprint density at radius 1 is 1.42 bits per heavy atom. The topological polar surface area (TPSA) is 230 Å².